The summed E-state index contributed by atoms with van der Waals surface area (Å²) in [6.07, 6.45) is 0. The Kier molecular flexibility index (Phi) is 5.58. The Balaban J connectivity index is 0.000000164. The quantitative estimate of drug-likeness (QED) is 0.838. The van der Waals surface area contributed by atoms with Gasteiger partial charge in [-0.2, -0.15) is 0 Å². The minimum atomic E-state index is -3.03. The van der Waals surface area contributed by atoms with Gasteiger partial charge in [-0.15, -0.1) is 0 Å². The third-order valence-electron chi connectivity index (χ3n) is 3.09. The summed E-state index contributed by atoms with van der Waals surface area (Å²) in [6, 6.07) is 15.7. The van der Waals surface area contributed by atoms with E-state index in [1.54, 1.807) is 24.3 Å². The molecule has 1 saturated heterocycles. The molecule has 0 amide bonds. The van der Waals surface area contributed by atoms with Gasteiger partial charge < -0.3 is 0 Å². The van der Waals surface area contributed by atoms with Crippen LogP contribution in [0.3, 0.4) is 0 Å². The van der Waals surface area contributed by atoms with Crippen molar-refractivity contribution in [1.29, 1.82) is 0 Å². The summed E-state index contributed by atoms with van der Waals surface area (Å²) in [7, 11) is -3.03. The second kappa shape index (κ2) is 7.24. The summed E-state index contributed by atoms with van der Waals surface area (Å²) < 4.78 is 24.6. The molecule has 2 aromatic carbocycles. The van der Waals surface area contributed by atoms with E-state index < -0.39 is 15.3 Å². The van der Waals surface area contributed by atoms with Crippen molar-refractivity contribution in [3.63, 3.8) is 0 Å². The third kappa shape index (κ3) is 4.30. The van der Waals surface area contributed by atoms with Crippen molar-refractivity contribution in [3.05, 3.63) is 70.7 Å². The fourth-order valence-corrected chi connectivity index (χ4v) is 3.22. The van der Waals surface area contributed by atoms with E-state index in [9.17, 15) is 13.2 Å². The summed E-state index contributed by atoms with van der Waals surface area (Å²) in [5, 5.41) is -0.197. The van der Waals surface area contributed by atoms with Crippen LogP contribution in [-0.4, -0.2) is 20.2 Å². The molecule has 0 radical (unpaired) electrons. The SMILES string of the molecule is O=C(Cl)c1ccc(Cl)cc1.O=S1(=O)NCC1c1ccccc1. The monoisotopic (exact) mass is 357 g/mol. The lowest BCUT2D eigenvalue weighted by molar-refractivity contribution is 0.108. The molecule has 4 nitrogen and oxygen atoms in total. The molecule has 2 aromatic rings. The molecule has 0 spiro atoms. The molecule has 0 aromatic heterocycles. The Hall–Kier alpha value is -1.40. The predicted octanol–water partition coefficient (Wildman–Crippen LogP) is 3.38. The highest BCUT2D eigenvalue weighted by atomic mass is 35.5. The molecule has 1 unspecified atom stereocenters. The number of nitrogens with one attached hydrogen (secondary N) is 1. The van der Waals surface area contributed by atoms with Crippen LogP contribution in [0.5, 0.6) is 0 Å². The first-order valence-corrected chi connectivity index (χ1v) is 8.69. The van der Waals surface area contributed by atoms with Crippen LogP contribution in [0.4, 0.5) is 0 Å². The highest BCUT2D eigenvalue weighted by Gasteiger charge is 2.35. The van der Waals surface area contributed by atoms with Gasteiger partial charge in [0, 0.05) is 17.1 Å². The number of carbonyl (C=O) groups excluding carboxylic acids is 1. The molecule has 1 aliphatic rings. The molecule has 1 heterocycles. The van der Waals surface area contributed by atoms with E-state index in [2.05, 4.69) is 4.72 Å². The van der Waals surface area contributed by atoms with Crippen LogP contribution in [0.1, 0.15) is 21.2 Å². The highest BCUT2D eigenvalue weighted by Crippen LogP contribution is 2.26. The van der Waals surface area contributed by atoms with Crippen molar-refractivity contribution in [2.24, 2.45) is 0 Å². The van der Waals surface area contributed by atoms with Crippen LogP contribution in [0.15, 0.2) is 54.6 Å². The van der Waals surface area contributed by atoms with E-state index in [0.29, 0.717) is 17.1 Å². The van der Waals surface area contributed by atoms with Gasteiger partial charge in [-0.05, 0) is 41.4 Å². The van der Waals surface area contributed by atoms with Crippen molar-refractivity contribution in [1.82, 2.24) is 4.72 Å². The number of rotatable bonds is 2. The second-order valence-corrected chi connectivity index (χ2v) is 7.30. The first-order valence-electron chi connectivity index (χ1n) is 6.39. The number of hydrogen-bond donors (Lipinski definition) is 1. The molecule has 0 bridgehead atoms. The molecule has 3 rings (SSSR count). The minimum Gasteiger partial charge on any atom is -0.276 e. The maximum atomic E-state index is 11.1. The van der Waals surface area contributed by atoms with Crippen molar-refractivity contribution >= 4 is 38.5 Å². The Labute approximate surface area is 139 Å². The molecule has 0 aliphatic carbocycles. The standard InChI is InChI=1S/C8H9NO2S.C7H4Cl2O/c10-12(11)8(6-9-12)7-4-2-1-3-5-7;8-6-3-1-5(2-4-6)7(9)10/h1-5,8-9H,6H2;1-4H. The average Bonchev–Trinajstić information content (AvgIpc) is 2.48. The smallest absolute Gasteiger partial charge is 0.252 e. The first-order chi connectivity index (χ1) is 10.4. The highest BCUT2D eigenvalue weighted by molar-refractivity contribution is 7.91. The number of hydrogen-bond acceptors (Lipinski definition) is 3. The third-order valence-corrected chi connectivity index (χ3v) is 5.31. The van der Waals surface area contributed by atoms with Gasteiger partial charge in [-0.25, -0.2) is 13.1 Å². The Morgan fingerprint density at radius 2 is 1.64 bits per heavy atom. The van der Waals surface area contributed by atoms with Crippen LogP contribution in [0.2, 0.25) is 5.02 Å². The second-order valence-electron chi connectivity index (χ2n) is 4.57. The van der Waals surface area contributed by atoms with Gasteiger partial charge in [0.05, 0.1) is 0 Å². The van der Waals surface area contributed by atoms with Gasteiger partial charge in [-0.1, -0.05) is 41.9 Å². The topological polar surface area (TPSA) is 63.2 Å². The summed E-state index contributed by atoms with van der Waals surface area (Å²) in [4.78, 5) is 10.5. The van der Waals surface area contributed by atoms with Crippen molar-refractivity contribution in [3.8, 4) is 0 Å². The lowest BCUT2D eigenvalue weighted by atomic mass is 10.1. The van der Waals surface area contributed by atoms with Gasteiger partial charge in [0.15, 0.2) is 0 Å². The van der Waals surface area contributed by atoms with E-state index in [1.165, 1.54) is 0 Å². The maximum absolute atomic E-state index is 11.1. The van der Waals surface area contributed by atoms with Gasteiger partial charge in [0.1, 0.15) is 5.25 Å². The van der Waals surface area contributed by atoms with Crippen molar-refractivity contribution in [2.45, 2.75) is 5.25 Å². The summed E-state index contributed by atoms with van der Waals surface area (Å²) >= 11 is 10.7. The van der Waals surface area contributed by atoms with E-state index in [4.69, 9.17) is 23.2 Å². The zero-order valence-corrected chi connectivity index (χ0v) is 13.7. The van der Waals surface area contributed by atoms with Crippen molar-refractivity contribution in [2.75, 3.05) is 6.54 Å². The first kappa shape index (κ1) is 17.0. The largest absolute Gasteiger partial charge is 0.276 e. The predicted molar refractivity (Wildman–Crippen MR) is 87.7 cm³/mol. The van der Waals surface area contributed by atoms with Crippen LogP contribution >= 0.6 is 23.2 Å². The molecular weight excluding hydrogens is 345 g/mol. The maximum Gasteiger partial charge on any atom is 0.252 e. The summed E-state index contributed by atoms with van der Waals surface area (Å²) in [5.74, 6) is 0. The van der Waals surface area contributed by atoms with E-state index in [-0.39, 0.29) is 5.25 Å². The molecule has 116 valence electrons. The summed E-state index contributed by atoms with van der Waals surface area (Å²) in [5.41, 5.74) is 1.34. The normalized spacial score (nSPS) is 18.5. The Morgan fingerprint density at radius 1 is 1.05 bits per heavy atom. The Morgan fingerprint density at radius 3 is 2.05 bits per heavy atom. The van der Waals surface area contributed by atoms with Crippen LogP contribution < -0.4 is 4.72 Å². The zero-order valence-electron chi connectivity index (χ0n) is 11.4. The van der Waals surface area contributed by atoms with Gasteiger partial charge in [0.25, 0.3) is 5.24 Å². The molecule has 7 heteroatoms. The number of carbonyl (C=O) groups is 1. The van der Waals surface area contributed by atoms with Crippen LogP contribution in [0, 0.1) is 0 Å². The molecule has 1 fully saturated rings. The lowest BCUT2D eigenvalue weighted by Gasteiger charge is -2.27. The summed E-state index contributed by atoms with van der Waals surface area (Å²) in [6.45, 7) is 0.534. The average molecular weight is 358 g/mol. The molecule has 22 heavy (non-hydrogen) atoms. The van der Waals surface area contributed by atoms with E-state index in [0.717, 1.165) is 5.56 Å². The van der Waals surface area contributed by atoms with Crippen LogP contribution in [-0.2, 0) is 10.0 Å². The molecule has 1 N–H and O–H groups in total. The molecule has 1 atom stereocenters. The number of sulfonamides is 1. The van der Waals surface area contributed by atoms with Crippen molar-refractivity contribution < 1.29 is 13.2 Å². The fourth-order valence-electron chi connectivity index (χ4n) is 1.85. The number of halogens is 2. The van der Waals surface area contributed by atoms with Gasteiger partial charge in [-0.3, -0.25) is 4.79 Å². The molecule has 1 aliphatic heterocycles. The van der Waals surface area contributed by atoms with E-state index in [1.807, 2.05) is 30.3 Å². The fraction of sp³-hybridized carbons (Fsp3) is 0.133. The van der Waals surface area contributed by atoms with E-state index >= 15 is 0 Å². The molecular formula is C15H13Cl2NO3S. The lowest BCUT2D eigenvalue weighted by Crippen LogP contribution is -2.45. The minimum absolute atomic E-state index is 0.335. The van der Waals surface area contributed by atoms with Gasteiger partial charge in [0.2, 0.25) is 10.0 Å². The van der Waals surface area contributed by atoms with Gasteiger partial charge >= 0.3 is 0 Å². The molecule has 0 saturated carbocycles. The van der Waals surface area contributed by atoms with Crippen LogP contribution in [0.25, 0.3) is 0 Å². The Bertz CT molecular complexity index is 746. The zero-order chi connectivity index (χ0) is 16.2. The number of benzene rings is 2.